The molecule has 0 bridgehead atoms. The SMILES string of the molecule is CCCS(=O)(=O)c1ccccc1NCC(C)(C)CCCl. The first kappa shape index (κ1) is 17.3. The maximum absolute atomic E-state index is 12.2. The molecule has 3 nitrogen and oxygen atoms in total. The maximum Gasteiger partial charge on any atom is 0.180 e. The summed E-state index contributed by atoms with van der Waals surface area (Å²) >= 11 is 5.79. The Morgan fingerprint density at radius 2 is 1.90 bits per heavy atom. The van der Waals surface area contributed by atoms with E-state index >= 15 is 0 Å². The van der Waals surface area contributed by atoms with Crippen LogP contribution >= 0.6 is 11.6 Å². The van der Waals surface area contributed by atoms with Crippen molar-refractivity contribution in [2.24, 2.45) is 5.41 Å². The standard InChI is InChI=1S/C15H24ClNO2S/c1-4-11-20(18,19)14-8-6-5-7-13(14)17-12-15(2,3)9-10-16/h5-8,17H,4,9-12H2,1-3H3. The third kappa shape index (κ3) is 4.98. The van der Waals surface area contributed by atoms with Crippen LogP contribution < -0.4 is 5.32 Å². The molecule has 0 radical (unpaired) electrons. The van der Waals surface area contributed by atoms with Gasteiger partial charge < -0.3 is 5.32 Å². The Bertz CT molecular complexity index is 526. The normalized spacial score (nSPS) is 12.4. The predicted molar refractivity (Wildman–Crippen MR) is 86.4 cm³/mol. The maximum atomic E-state index is 12.2. The van der Waals surface area contributed by atoms with Gasteiger partial charge in [-0.05, 0) is 30.4 Å². The first-order valence-electron chi connectivity index (χ1n) is 6.94. The fraction of sp³-hybridized carbons (Fsp3) is 0.600. The van der Waals surface area contributed by atoms with Crippen LogP contribution in [0.3, 0.4) is 0 Å². The zero-order valence-corrected chi connectivity index (χ0v) is 14.0. The van der Waals surface area contributed by atoms with Crippen molar-refractivity contribution in [1.82, 2.24) is 0 Å². The van der Waals surface area contributed by atoms with Gasteiger partial charge in [-0.15, -0.1) is 11.6 Å². The quantitative estimate of drug-likeness (QED) is 0.739. The van der Waals surface area contributed by atoms with Crippen molar-refractivity contribution >= 4 is 27.1 Å². The van der Waals surface area contributed by atoms with E-state index in [-0.39, 0.29) is 11.2 Å². The molecule has 0 unspecified atom stereocenters. The van der Waals surface area contributed by atoms with Crippen LogP contribution in [0.25, 0.3) is 0 Å². The first-order chi connectivity index (χ1) is 9.32. The van der Waals surface area contributed by atoms with Gasteiger partial charge in [0.15, 0.2) is 9.84 Å². The topological polar surface area (TPSA) is 46.2 Å². The first-order valence-corrected chi connectivity index (χ1v) is 9.13. The van der Waals surface area contributed by atoms with Crippen LogP contribution in [0.1, 0.15) is 33.6 Å². The van der Waals surface area contributed by atoms with Crippen LogP contribution in [0.5, 0.6) is 0 Å². The number of anilines is 1. The molecule has 1 rings (SSSR count). The average molecular weight is 318 g/mol. The van der Waals surface area contributed by atoms with Crippen molar-refractivity contribution in [2.45, 2.75) is 38.5 Å². The summed E-state index contributed by atoms with van der Waals surface area (Å²) in [5.41, 5.74) is 0.715. The van der Waals surface area contributed by atoms with E-state index in [2.05, 4.69) is 19.2 Å². The monoisotopic (exact) mass is 317 g/mol. The van der Waals surface area contributed by atoms with E-state index < -0.39 is 9.84 Å². The molecule has 0 aliphatic heterocycles. The summed E-state index contributed by atoms with van der Waals surface area (Å²) in [4.78, 5) is 0.392. The van der Waals surface area contributed by atoms with Gasteiger partial charge in [0.1, 0.15) is 0 Å². The van der Waals surface area contributed by atoms with Crippen molar-refractivity contribution in [3.63, 3.8) is 0 Å². The predicted octanol–water partition coefficient (Wildman–Crippen LogP) is 3.94. The van der Waals surface area contributed by atoms with E-state index in [1.54, 1.807) is 12.1 Å². The Morgan fingerprint density at radius 3 is 2.50 bits per heavy atom. The number of sulfone groups is 1. The van der Waals surface area contributed by atoms with Crippen molar-refractivity contribution in [3.8, 4) is 0 Å². The molecular weight excluding hydrogens is 294 g/mol. The van der Waals surface area contributed by atoms with Gasteiger partial charge in [-0.2, -0.15) is 0 Å². The molecule has 0 aromatic heterocycles. The van der Waals surface area contributed by atoms with Crippen LogP contribution in [0.2, 0.25) is 0 Å². The molecule has 1 aromatic rings. The minimum atomic E-state index is -3.21. The van der Waals surface area contributed by atoms with Crippen molar-refractivity contribution < 1.29 is 8.42 Å². The Morgan fingerprint density at radius 1 is 1.25 bits per heavy atom. The van der Waals surface area contributed by atoms with E-state index in [0.29, 0.717) is 29.4 Å². The van der Waals surface area contributed by atoms with Crippen molar-refractivity contribution in [1.29, 1.82) is 0 Å². The number of alkyl halides is 1. The summed E-state index contributed by atoms with van der Waals surface area (Å²) in [7, 11) is -3.21. The second kappa shape index (κ2) is 7.32. The lowest BCUT2D eigenvalue weighted by Crippen LogP contribution is -2.24. The highest BCUT2D eigenvalue weighted by molar-refractivity contribution is 7.91. The largest absolute Gasteiger partial charge is 0.383 e. The van der Waals surface area contributed by atoms with Gasteiger partial charge in [0, 0.05) is 12.4 Å². The second-order valence-corrected chi connectivity index (χ2v) is 8.23. The highest BCUT2D eigenvalue weighted by atomic mass is 35.5. The number of hydrogen-bond acceptors (Lipinski definition) is 3. The van der Waals surface area contributed by atoms with Crippen LogP contribution in [-0.2, 0) is 9.84 Å². The molecule has 1 N–H and O–H groups in total. The molecule has 0 heterocycles. The minimum absolute atomic E-state index is 0.0311. The van der Waals surface area contributed by atoms with Crippen LogP contribution in [0.4, 0.5) is 5.69 Å². The molecule has 0 amide bonds. The number of benzene rings is 1. The Balaban J connectivity index is 2.92. The van der Waals surface area contributed by atoms with E-state index in [0.717, 1.165) is 6.42 Å². The molecular formula is C15H24ClNO2S. The highest BCUT2D eigenvalue weighted by Gasteiger charge is 2.20. The molecule has 0 saturated carbocycles. The van der Waals surface area contributed by atoms with Gasteiger partial charge in [-0.3, -0.25) is 0 Å². The average Bonchev–Trinajstić information content (AvgIpc) is 2.37. The lowest BCUT2D eigenvalue weighted by Gasteiger charge is -2.25. The van der Waals surface area contributed by atoms with Gasteiger partial charge in [0.2, 0.25) is 0 Å². The lowest BCUT2D eigenvalue weighted by atomic mass is 9.90. The number of halogens is 1. The molecule has 0 aliphatic carbocycles. The summed E-state index contributed by atoms with van der Waals surface area (Å²) in [5, 5.41) is 3.27. The highest BCUT2D eigenvalue weighted by Crippen LogP contribution is 2.26. The summed E-state index contributed by atoms with van der Waals surface area (Å²) in [6, 6.07) is 7.10. The zero-order chi connectivity index (χ0) is 15.2. The number of hydrogen-bond donors (Lipinski definition) is 1. The Kier molecular flexibility index (Phi) is 6.34. The number of para-hydroxylation sites is 1. The molecule has 0 atom stereocenters. The van der Waals surface area contributed by atoms with Gasteiger partial charge in [-0.1, -0.05) is 32.9 Å². The zero-order valence-electron chi connectivity index (χ0n) is 12.4. The van der Waals surface area contributed by atoms with E-state index in [9.17, 15) is 8.42 Å². The molecule has 114 valence electrons. The smallest absolute Gasteiger partial charge is 0.180 e. The summed E-state index contributed by atoms with van der Waals surface area (Å²) in [5.74, 6) is 0.779. The minimum Gasteiger partial charge on any atom is -0.383 e. The molecule has 1 aromatic carbocycles. The van der Waals surface area contributed by atoms with Gasteiger partial charge in [-0.25, -0.2) is 8.42 Å². The van der Waals surface area contributed by atoms with Crippen LogP contribution in [0.15, 0.2) is 29.2 Å². The Labute approximate surface area is 127 Å². The number of rotatable bonds is 8. The molecule has 20 heavy (non-hydrogen) atoms. The van der Waals surface area contributed by atoms with Crippen molar-refractivity contribution in [2.75, 3.05) is 23.5 Å². The van der Waals surface area contributed by atoms with Crippen LogP contribution in [-0.4, -0.2) is 26.6 Å². The summed E-state index contributed by atoms with van der Waals surface area (Å²) < 4.78 is 24.5. The molecule has 0 fully saturated rings. The lowest BCUT2D eigenvalue weighted by molar-refractivity contribution is 0.379. The fourth-order valence-electron chi connectivity index (χ4n) is 1.94. The Hall–Kier alpha value is -0.740. The van der Waals surface area contributed by atoms with Crippen molar-refractivity contribution in [3.05, 3.63) is 24.3 Å². The number of nitrogens with one attached hydrogen (secondary N) is 1. The van der Waals surface area contributed by atoms with Gasteiger partial charge >= 0.3 is 0 Å². The van der Waals surface area contributed by atoms with E-state index in [1.165, 1.54) is 0 Å². The molecule has 5 heteroatoms. The van der Waals surface area contributed by atoms with Gasteiger partial charge in [0.05, 0.1) is 16.3 Å². The molecule has 0 saturated heterocycles. The summed E-state index contributed by atoms with van der Waals surface area (Å²) in [6.45, 7) is 6.80. The third-order valence-electron chi connectivity index (χ3n) is 3.22. The van der Waals surface area contributed by atoms with Crippen LogP contribution in [0, 0.1) is 5.41 Å². The summed E-state index contributed by atoms with van der Waals surface area (Å²) in [6.07, 6.45) is 1.50. The molecule has 0 spiro atoms. The molecule has 0 aliphatic rings. The second-order valence-electron chi connectivity index (χ2n) is 5.77. The van der Waals surface area contributed by atoms with E-state index in [4.69, 9.17) is 11.6 Å². The third-order valence-corrected chi connectivity index (χ3v) is 5.38. The van der Waals surface area contributed by atoms with Gasteiger partial charge in [0.25, 0.3) is 0 Å². The van der Waals surface area contributed by atoms with E-state index in [1.807, 2.05) is 19.1 Å². The fourth-order valence-corrected chi connectivity index (χ4v) is 3.97.